The van der Waals surface area contributed by atoms with Gasteiger partial charge in [0.1, 0.15) is 5.75 Å². The van der Waals surface area contributed by atoms with Crippen LogP contribution in [0.4, 0.5) is 23.1 Å². The first-order chi connectivity index (χ1) is 12.7. The van der Waals surface area contributed by atoms with Crippen LogP contribution in [0.25, 0.3) is 0 Å². The smallest absolute Gasteiger partial charge is 0.249 e. The number of aromatic nitrogens is 3. The molecule has 26 heavy (non-hydrogen) atoms. The Morgan fingerprint density at radius 2 is 1.85 bits per heavy atom. The van der Waals surface area contributed by atoms with E-state index in [4.69, 9.17) is 25.8 Å². The maximum atomic E-state index is 6.12. The number of hydrogen-bond donors (Lipinski definition) is 2. The molecular weight excluding hydrogens is 358 g/mol. The predicted molar refractivity (Wildman–Crippen MR) is 97.0 cm³/mol. The molecule has 1 aliphatic heterocycles. The Bertz CT molecular complexity index is 953. The highest BCUT2D eigenvalue weighted by Gasteiger charge is 2.13. The van der Waals surface area contributed by atoms with Gasteiger partial charge in [-0.15, -0.1) is 5.10 Å². The van der Waals surface area contributed by atoms with Gasteiger partial charge in [0.25, 0.3) is 0 Å². The van der Waals surface area contributed by atoms with Gasteiger partial charge < -0.3 is 24.8 Å². The minimum atomic E-state index is 0.229. The lowest BCUT2D eigenvalue weighted by molar-refractivity contribution is 0.174. The Kier molecular flexibility index (Phi) is 4.32. The van der Waals surface area contributed by atoms with E-state index < -0.39 is 0 Å². The van der Waals surface area contributed by atoms with E-state index in [0.717, 1.165) is 17.1 Å². The molecule has 8 nitrogen and oxygen atoms in total. The molecule has 0 atom stereocenters. The van der Waals surface area contributed by atoms with Crippen LogP contribution < -0.4 is 24.8 Å². The number of halogens is 1. The quantitative estimate of drug-likeness (QED) is 0.700. The third-order valence-electron chi connectivity index (χ3n) is 3.61. The number of hydrogen-bond acceptors (Lipinski definition) is 8. The lowest BCUT2D eigenvalue weighted by atomic mass is 10.3. The van der Waals surface area contributed by atoms with Gasteiger partial charge in [0.15, 0.2) is 17.3 Å². The van der Waals surface area contributed by atoms with Crippen LogP contribution in [0.5, 0.6) is 17.2 Å². The molecule has 0 spiro atoms. The van der Waals surface area contributed by atoms with Gasteiger partial charge in [-0.2, -0.15) is 10.1 Å². The summed E-state index contributed by atoms with van der Waals surface area (Å²) < 4.78 is 15.8. The first-order valence-electron chi connectivity index (χ1n) is 7.68. The van der Waals surface area contributed by atoms with E-state index in [1.807, 2.05) is 24.3 Å². The Balaban J connectivity index is 1.50. The second kappa shape index (κ2) is 6.93. The molecule has 3 aromatic rings. The van der Waals surface area contributed by atoms with Gasteiger partial charge in [-0.3, -0.25) is 0 Å². The molecule has 4 rings (SSSR count). The molecule has 1 aliphatic rings. The zero-order valence-electron chi connectivity index (χ0n) is 13.7. The number of ether oxygens (including phenoxy) is 3. The van der Waals surface area contributed by atoms with Crippen molar-refractivity contribution in [2.45, 2.75) is 0 Å². The van der Waals surface area contributed by atoms with E-state index in [2.05, 4.69) is 25.8 Å². The third-order valence-corrected chi connectivity index (χ3v) is 3.91. The Hall–Kier alpha value is -3.26. The fourth-order valence-corrected chi connectivity index (χ4v) is 2.67. The summed E-state index contributed by atoms with van der Waals surface area (Å²) in [4.78, 5) is 4.39. The van der Waals surface area contributed by atoms with Gasteiger partial charge in [-0.05, 0) is 30.3 Å². The molecule has 0 bridgehead atoms. The van der Waals surface area contributed by atoms with Gasteiger partial charge >= 0.3 is 0 Å². The van der Waals surface area contributed by atoms with Crippen LogP contribution in [-0.2, 0) is 0 Å². The lowest BCUT2D eigenvalue weighted by Gasteiger charge is -2.09. The minimum absolute atomic E-state index is 0.229. The van der Waals surface area contributed by atoms with E-state index in [0.29, 0.717) is 28.3 Å². The average Bonchev–Trinajstić information content (AvgIpc) is 3.10. The van der Waals surface area contributed by atoms with Crippen LogP contribution in [0.1, 0.15) is 0 Å². The maximum absolute atomic E-state index is 6.12. The van der Waals surface area contributed by atoms with Crippen molar-refractivity contribution in [2.24, 2.45) is 0 Å². The van der Waals surface area contributed by atoms with Crippen molar-refractivity contribution >= 4 is 34.7 Å². The summed E-state index contributed by atoms with van der Waals surface area (Å²) in [6, 6.07) is 10.8. The van der Waals surface area contributed by atoms with Crippen molar-refractivity contribution in [3.63, 3.8) is 0 Å². The highest BCUT2D eigenvalue weighted by atomic mass is 35.5. The van der Waals surface area contributed by atoms with Crippen LogP contribution in [-0.4, -0.2) is 29.1 Å². The molecule has 132 valence electrons. The molecule has 2 heterocycles. The summed E-state index contributed by atoms with van der Waals surface area (Å²) >= 11 is 6.12. The Morgan fingerprint density at radius 1 is 1.04 bits per heavy atom. The molecule has 0 saturated heterocycles. The van der Waals surface area contributed by atoms with E-state index in [1.165, 1.54) is 6.20 Å². The minimum Gasteiger partial charge on any atom is -0.495 e. The number of nitrogens with one attached hydrogen (secondary N) is 2. The number of fused-ring (bicyclic) bond motifs is 1. The van der Waals surface area contributed by atoms with E-state index >= 15 is 0 Å². The normalized spacial score (nSPS) is 11.9. The summed E-state index contributed by atoms with van der Waals surface area (Å²) in [6.45, 7) is 0.229. The summed E-state index contributed by atoms with van der Waals surface area (Å²) in [7, 11) is 1.56. The topological polar surface area (TPSA) is 90.4 Å². The highest BCUT2D eigenvalue weighted by Crippen LogP contribution is 2.35. The third kappa shape index (κ3) is 3.40. The molecule has 0 aliphatic carbocycles. The zero-order valence-corrected chi connectivity index (χ0v) is 14.4. The number of benzene rings is 2. The molecule has 0 radical (unpaired) electrons. The van der Waals surface area contributed by atoms with Crippen molar-refractivity contribution in [1.82, 2.24) is 15.2 Å². The van der Waals surface area contributed by atoms with Crippen LogP contribution >= 0.6 is 11.6 Å². The first kappa shape index (κ1) is 16.2. The monoisotopic (exact) mass is 371 g/mol. The van der Waals surface area contributed by atoms with Gasteiger partial charge in [-0.25, -0.2) is 0 Å². The van der Waals surface area contributed by atoms with E-state index in [9.17, 15) is 0 Å². The Morgan fingerprint density at radius 3 is 2.69 bits per heavy atom. The van der Waals surface area contributed by atoms with Crippen molar-refractivity contribution < 1.29 is 14.2 Å². The summed E-state index contributed by atoms with van der Waals surface area (Å²) in [5.41, 5.74) is 1.52. The zero-order chi connectivity index (χ0) is 17.9. The molecule has 2 N–H and O–H groups in total. The first-order valence-corrected chi connectivity index (χ1v) is 8.06. The molecule has 0 saturated carbocycles. The number of nitrogens with zero attached hydrogens (tertiary/aromatic N) is 3. The van der Waals surface area contributed by atoms with Crippen molar-refractivity contribution in [3.8, 4) is 17.2 Å². The van der Waals surface area contributed by atoms with Crippen LogP contribution in [0.15, 0.2) is 42.6 Å². The molecule has 1 aromatic heterocycles. The fourth-order valence-electron chi connectivity index (χ4n) is 2.41. The average molecular weight is 372 g/mol. The molecule has 0 amide bonds. The summed E-state index contributed by atoms with van der Waals surface area (Å²) in [5, 5.41) is 14.6. The molecule has 0 unspecified atom stereocenters. The second-order valence-electron chi connectivity index (χ2n) is 5.33. The molecule has 2 aromatic carbocycles. The maximum Gasteiger partial charge on any atom is 0.249 e. The van der Waals surface area contributed by atoms with Gasteiger partial charge in [-0.1, -0.05) is 11.6 Å². The standard InChI is InChI=1S/C17H14ClN5O3/c1-24-13-4-2-10(6-12(13)18)21-17-22-16(8-19-23-17)20-11-3-5-14-15(7-11)26-9-25-14/h2-8H,9H2,1H3,(H2,20,21,22,23). The van der Waals surface area contributed by atoms with E-state index in [1.54, 1.807) is 19.2 Å². The fraction of sp³-hybridized carbons (Fsp3) is 0.118. The van der Waals surface area contributed by atoms with Crippen molar-refractivity contribution in [1.29, 1.82) is 0 Å². The lowest BCUT2D eigenvalue weighted by Crippen LogP contribution is -2.02. The van der Waals surface area contributed by atoms with Crippen LogP contribution in [0.2, 0.25) is 5.02 Å². The predicted octanol–water partition coefficient (Wildman–Crippen LogP) is 3.75. The van der Waals surface area contributed by atoms with Crippen molar-refractivity contribution in [3.05, 3.63) is 47.6 Å². The number of methoxy groups -OCH3 is 1. The van der Waals surface area contributed by atoms with Gasteiger partial charge in [0, 0.05) is 17.4 Å². The SMILES string of the molecule is COc1ccc(Nc2nncc(Nc3ccc4c(c3)OCO4)n2)cc1Cl. The highest BCUT2D eigenvalue weighted by molar-refractivity contribution is 6.32. The number of anilines is 4. The largest absolute Gasteiger partial charge is 0.495 e. The molecular formula is C17H14ClN5O3. The van der Waals surface area contributed by atoms with Gasteiger partial charge in [0.2, 0.25) is 12.7 Å². The molecule has 9 heteroatoms. The van der Waals surface area contributed by atoms with Gasteiger partial charge in [0.05, 0.1) is 18.3 Å². The summed E-state index contributed by atoms with van der Waals surface area (Å²) in [5.74, 6) is 2.85. The molecule has 0 fully saturated rings. The van der Waals surface area contributed by atoms with Crippen LogP contribution in [0.3, 0.4) is 0 Å². The van der Waals surface area contributed by atoms with Crippen molar-refractivity contribution in [2.75, 3.05) is 24.5 Å². The number of rotatable bonds is 5. The second-order valence-corrected chi connectivity index (χ2v) is 5.74. The van der Waals surface area contributed by atoms with Crippen LogP contribution in [0, 0.1) is 0 Å². The van der Waals surface area contributed by atoms with E-state index in [-0.39, 0.29) is 6.79 Å². The Labute approximate surface area is 154 Å². The summed E-state index contributed by atoms with van der Waals surface area (Å²) in [6.07, 6.45) is 1.52.